The highest BCUT2D eigenvalue weighted by atomic mass is 16.4. The van der Waals surface area contributed by atoms with E-state index in [1.165, 1.54) is 0 Å². The van der Waals surface area contributed by atoms with Crippen molar-refractivity contribution in [2.75, 3.05) is 38.1 Å². The van der Waals surface area contributed by atoms with Gasteiger partial charge in [0.1, 0.15) is 5.82 Å². The second-order valence-electron chi connectivity index (χ2n) is 5.35. The van der Waals surface area contributed by atoms with E-state index in [0.29, 0.717) is 0 Å². The number of oxime groups is 1. The summed E-state index contributed by atoms with van der Waals surface area (Å²) >= 11 is 0. The molecule has 0 spiro atoms. The molecule has 1 aromatic heterocycles. The minimum Gasteiger partial charge on any atom is -0.411 e. The van der Waals surface area contributed by atoms with Crippen molar-refractivity contribution in [2.45, 2.75) is 0 Å². The minimum atomic E-state index is 0.993. The number of aryl methyl sites for hydroxylation is 1. The predicted molar refractivity (Wildman–Crippen MR) is 82.0 cm³/mol. The molecule has 1 aliphatic rings. The topological polar surface area (TPSA) is 44.0 Å². The van der Waals surface area contributed by atoms with E-state index in [4.69, 9.17) is 5.21 Å². The van der Waals surface area contributed by atoms with Gasteiger partial charge in [-0.1, -0.05) is 23.4 Å². The number of piperazine rings is 1. The van der Waals surface area contributed by atoms with Crippen LogP contribution in [0, 0.1) is 0 Å². The molecule has 0 radical (unpaired) electrons. The van der Waals surface area contributed by atoms with Crippen molar-refractivity contribution in [3.63, 3.8) is 0 Å². The maximum Gasteiger partial charge on any atom is 0.118 e. The molecule has 1 fully saturated rings. The van der Waals surface area contributed by atoms with Gasteiger partial charge in [0.25, 0.3) is 0 Å². The fourth-order valence-electron chi connectivity index (χ4n) is 2.99. The Balaban J connectivity index is 2.13. The van der Waals surface area contributed by atoms with Gasteiger partial charge in [-0.3, -0.25) is 0 Å². The number of para-hydroxylation sites is 1. The van der Waals surface area contributed by atoms with Crippen LogP contribution in [0.4, 0.5) is 5.82 Å². The summed E-state index contributed by atoms with van der Waals surface area (Å²) in [5.74, 6) is 1.14. The molecule has 0 atom stereocenters. The average Bonchev–Trinajstić information content (AvgIpc) is 2.74. The molecule has 2 aromatic rings. The lowest BCUT2D eigenvalue weighted by atomic mass is 10.1. The van der Waals surface area contributed by atoms with E-state index in [0.717, 1.165) is 48.5 Å². The molecule has 0 saturated carbocycles. The number of anilines is 1. The van der Waals surface area contributed by atoms with Gasteiger partial charge in [-0.15, -0.1) is 0 Å². The molecule has 106 valence electrons. The molecule has 0 unspecified atom stereocenters. The summed E-state index contributed by atoms with van der Waals surface area (Å²) in [5, 5.41) is 13.4. The second kappa shape index (κ2) is 5.17. The third-order valence-electron chi connectivity index (χ3n) is 4.10. The Morgan fingerprint density at radius 1 is 1.10 bits per heavy atom. The van der Waals surface area contributed by atoms with Crippen molar-refractivity contribution < 1.29 is 5.21 Å². The van der Waals surface area contributed by atoms with E-state index >= 15 is 0 Å². The van der Waals surface area contributed by atoms with E-state index in [2.05, 4.69) is 45.8 Å². The number of aromatic nitrogens is 1. The molecular weight excluding hydrogens is 252 g/mol. The Morgan fingerprint density at radius 3 is 2.50 bits per heavy atom. The summed E-state index contributed by atoms with van der Waals surface area (Å²) in [6, 6.07) is 8.23. The predicted octanol–water partition coefficient (Wildman–Crippen LogP) is 1.74. The van der Waals surface area contributed by atoms with Crippen LogP contribution in [0.25, 0.3) is 10.9 Å². The highest BCUT2D eigenvalue weighted by Gasteiger charge is 2.22. The van der Waals surface area contributed by atoms with Gasteiger partial charge >= 0.3 is 0 Å². The molecular formula is C15H20N4O. The van der Waals surface area contributed by atoms with Crippen LogP contribution in [0.15, 0.2) is 29.4 Å². The highest BCUT2D eigenvalue weighted by Crippen LogP contribution is 2.31. The number of nitrogens with zero attached hydrogens (tertiary/aromatic N) is 4. The summed E-state index contributed by atoms with van der Waals surface area (Å²) in [7, 11) is 4.22. The Labute approximate surface area is 118 Å². The van der Waals surface area contributed by atoms with E-state index in [9.17, 15) is 0 Å². The van der Waals surface area contributed by atoms with Crippen LogP contribution in [0.3, 0.4) is 0 Å². The van der Waals surface area contributed by atoms with Crippen LogP contribution in [0.1, 0.15) is 5.56 Å². The standard InChI is InChI=1S/C15H20N4O/c1-17-7-9-19(10-8-17)15-13(11-16-20)12-5-3-4-6-14(12)18(15)2/h3-6,11,20H,7-10H2,1-2H3/b16-11-. The Bertz CT molecular complexity index is 639. The highest BCUT2D eigenvalue weighted by molar-refractivity contribution is 6.05. The smallest absolute Gasteiger partial charge is 0.118 e. The first-order valence-corrected chi connectivity index (χ1v) is 6.90. The zero-order valence-corrected chi connectivity index (χ0v) is 12.0. The van der Waals surface area contributed by atoms with E-state index < -0.39 is 0 Å². The Morgan fingerprint density at radius 2 is 1.80 bits per heavy atom. The number of hydrogen-bond donors (Lipinski definition) is 1. The maximum absolute atomic E-state index is 8.99. The normalized spacial score (nSPS) is 17.4. The third-order valence-corrected chi connectivity index (χ3v) is 4.10. The van der Waals surface area contributed by atoms with Crippen LogP contribution >= 0.6 is 0 Å². The van der Waals surface area contributed by atoms with E-state index in [-0.39, 0.29) is 0 Å². The monoisotopic (exact) mass is 272 g/mol. The largest absolute Gasteiger partial charge is 0.411 e. The number of rotatable bonds is 2. The third kappa shape index (κ3) is 2.04. The molecule has 1 aliphatic heterocycles. The van der Waals surface area contributed by atoms with Gasteiger partial charge in [0.15, 0.2) is 0 Å². The lowest BCUT2D eigenvalue weighted by Gasteiger charge is -2.34. The molecule has 3 rings (SSSR count). The van der Waals surface area contributed by atoms with Gasteiger partial charge in [-0.05, 0) is 13.1 Å². The maximum atomic E-state index is 8.99. The Hall–Kier alpha value is -2.01. The van der Waals surface area contributed by atoms with Crippen molar-refractivity contribution in [2.24, 2.45) is 12.2 Å². The lowest BCUT2D eigenvalue weighted by molar-refractivity contribution is 0.311. The molecule has 0 aliphatic carbocycles. The SMILES string of the molecule is CN1CCN(c2c(/C=N\O)c3ccccc3n2C)CC1. The summed E-state index contributed by atoms with van der Waals surface area (Å²) < 4.78 is 2.19. The van der Waals surface area contributed by atoms with Gasteiger partial charge < -0.3 is 19.6 Å². The molecule has 20 heavy (non-hydrogen) atoms. The summed E-state index contributed by atoms with van der Waals surface area (Å²) in [5.41, 5.74) is 2.16. The van der Waals surface area contributed by atoms with Crippen LogP contribution < -0.4 is 4.90 Å². The van der Waals surface area contributed by atoms with Crippen LogP contribution in [-0.4, -0.2) is 54.1 Å². The fourth-order valence-corrected chi connectivity index (χ4v) is 2.99. The molecule has 1 saturated heterocycles. The van der Waals surface area contributed by atoms with Crippen LogP contribution in [-0.2, 0) is 7.05 Å². The number of hydrogen-bond acceptors (Lipinski definition) is 4. The van der Waals surface area contributed by atoms with Crippen LogP contribution in [0.5, 0.6) is 0 Å². The number of benzene rings is 1. The summed E-state index contributed by atoms with van der Waals surface area (Å²) in [4.78, 5) is 4.70. The quantitative estimate of drug-likeness (QED) is 0.514. The molecule has 0 bridgehead atoms. The molecule has 5 nitrogen and oxygen atoms in total. The summed E-state index contributed by atoms with van der Waals surface area (Å²) in [6.07, 6.45) is 1.55. The first-order chi connectivity index (χ1) is 9.72. The average molecular weight is 272 g/mol. The summed E-state index contributed by atoms with van der Waals surface area (Å²) in [6.45, 7) is 4.09. The number of likely N-dealkylation sites (N-methyl/N-ethyl adjacent to an activating group) is 1. The van der Waals surface area contributed by atoms with E-state index in [1.807, 2.05) is 12.1 Å². The van der Waals surface area contributed by atoms with Crippen molar-refractivity contribution in [3.05, 3.63) is 29.8 Å². The Kier molecular flexibility index (Phi) is 3.36. The first kappa shape index (κ1) is 13.0. The molecule has 0 amide bonds. The second-order valence-corrected chi connectivity index (χ2v) is 5.35. The van der Waals surface area contributed by atoms with Crippen molar-refractivity contribution in [1.82, 2.24) is 9.47 Å². The zero-order valence-electron chi connectivity index (χ0n) is 12.0. The first-order valence-electron chi connectivity index (χ1n) is 6.90. The van der Waals surface area contributed by atoms with Gasteiger partial charge in [0.05, 0.1) is 11.7 Å². The fraction of sp³-hybridized carbons (Fsp3) is 0.400. The van der Waals surface area contributed by atoms with Gasteiger partial charge in [-0.2, -0.15) is 0 Å². The van der Waals surface area contributed by atoms with Gasteiger partial charge in [-0.25, -0.2) is 0 Å². The van der Waals surface area contributed by atoms with Gasteiger partial charge in [0.2, 0.25) is 0 Å². The molecule has 5 heteroatoms. The molecule has 1 aromatic carbocycles. The van der Waals surface area contributed by atoms with E-state index in [1.54, 1.807) is 6.21 Å². The lowest BCUT2D eigenvalue weighted by Crippen LogP contribution is -2.45. The van der Waals surface area contributed by atoms with Crippen LogP contribution in [0.2, 0.25) is 0 Å². The zero-order chi connectivity index (χ0) is 14.1. The molecule has 2 heterocycles. The number of fused-ring (bicyclic) bond motifs is 1. The van der Waals surface area contributed by atoms with Crippen molar-refractivity contribution in [1.29, 1.82) is 0 Å². The van der Waals surface area contributed by atoms with Crippen molar-refractivity contribution >= 4 is 22.9 Å². The minimum absolute atomic E-state index is 0.993. The molecule has 1 N–H and O–H groups in total. The van der Waals surface area contributed by atoms with Gasteiger partial charge in [0, 0.05) is 44.2 Å². The van der Waals surface area contributed by atoms with Crippen molar-refractivity contribution in [3.8, 4) is 0 Å².